The Morgan fingerprint density at radius 3 is 2.69 bits per heavy atom. The summed E-state index contributed by atoms with van der Waals surface area (Å²) in [5, 5.41) is 12.6. The molecule has 3 heterocycles. The van der Waals surface area contributed by atoms with Gasteiger partial charge >= 0.3 is 0 Å². The van der Waals surface area contributed by atoms with Crippen molar-refractivity contribution in [1.29, 1.82) is 0 Å². The summed E-state index contributed by atoms with van der Waals surface area (Å²) in [5.41, 5.74) is 3.70. The van der Waals surface area contributed by atoms with Crippen molar-refractivity contribution in [2.45, 2.75) is 33.2 Å². The number of hydrogen-bond acceptors (Lipinski definition) is 4. The number of hydrogen-bond donors (Lipinski definition) is 1. The van der Waals surface area contributed by atoms with Gasteiger partial charge in [0, 0.05) is 18.7 Å². The van der Waals surface area contributed by atoms with Gasteiger partial charge in [-0.05, 0) is 26.3 Å². The van der Waals surface area contributed by atoms with Crippen LogP contribution in [0.5, 0.6) is 0 Å². The number of aryl methyl sites for hydroxylation is 2. The van der Waals surface area contributed by atoms with E-state index in [1.165, 1.54) is 0 Å². The summed E-state index contributed by atoms with van der Waals surface area (Å²) in [5.74, 6) is 0.479. The number of benzene rings is 1. The monoisotopic (exact) mass is 388 g/mol. The second-order valence-corrected chi connectivity index (χ2v) is 7.20. The SMILES string of the molecule is CCC(C)n1nccc1NC(=O)c1cc(-c2ccccc2)nc2c1c(C)nn2C. The van der Waals surface area contributed by atoms with E-state index in [1.54, 1.807) is 10.9 Å². The van der Waals surface area contributed by atoms with E-state index in [1.807, 2.05) is 61.1 Å². The van der Waals surface area contributed by atoms with Crippen LogP contribution >= 0.6 is 0 Å². The van der Waals surface area contributed by atoms with Gasteiger partial charge in [0.25, 0.3) is 5.91 Å². The van der Waals surface area contributed by atoms with Crippen LogP contribution in [0.15, 0.2) is 48.7 Å². The molecule has 7 nitrogen and oxygen atoms in total. The van der Waals surface area contributed by atoms with E-state index in [0.29, 0.717) is 17.0 Å². The summed E-state index contributed by atoms with van der Waals surface area (Å²) >= 11 is 0. The van der Waals surface area contributed by atoms with Gasteiger partial charge in [-0.25, -0.2) is 9.67 Å². The number of nitrogens with zero attached hydrogens (tertiary/aromatic N) is 5. The summed E-state index contributed by atoms with van der Waals surface area (Å²) < 4.78 is 3.56. The molecular weight excluding hydrogens is 364 g/mol. The smallest absolute Gasteiger partial charge is 0.257 e. The number of carbonyl (C=O) groups excluding carboxylic acids is 1. The van der Waals surface area contributed by atoms with Crippen molar-refractivity contribution in [2.24, 2.45) is 7.05 Å². The highest BCUT2D eigenvalue weighted by molar-refractivity contribution is 6.13. The van der Waals surface area contributed by atoms with E-state index in [-0.39, 0.29) is 11.9 Å². The van der Waals surface area contributed by atoms with Crippen LogP contribution in [-0.2, 0) is 7.05 Å². The van der Waals surface area contributed by atoms with Gasteiger partial charge in [-0.3, -0.25) is 9.48 Å². The normalized spacial score (nSPS) is 12.3. The zero-order valence-electron chi connectivity index (χ0n) is 17.0. The Morgan fingerprint density at radius 1 is 1.21 bits per heavy atom. The second kappa shape index (κ2) is 7.50. The minimum absolute atomic E-state index is 0.192. The van der Waals surface area contributed by atoms with Crippen LogP contribution in [0.1, 0.15) is 42.4 Å². The predicted octanol–water partition coefficient (Wildman–Crippen LogP) is 4.36. The summed E-state index contributed by atoms with van der Waals surface area (Å²) in [6.07, 6.45) is 2.62. The molecule has 0 saturated heterocycles. The van der Waals surface area contributed by atoms with E-state index in [0.717, 1.165) is 28.8 Å². The third-order valence-electron chi connectivity index (χ3n) is 5.20. The standard InChI is InChI=1S/C22H24N6O/c1-5-14(2)28-19(11-12-23-28)25-22(29)17-13-18(16-9-7-6-8-10-16)24-21-20(17)15(3)26-27(21)4/h6-14H,5H2,1-4H3,(H,25,29). The van der Waals surface area contributed by atoms with Gasteiger partial charge in [0.2, 0.25) is 0 Å². The lowest BCUT2D eigenvalue weighted by Crippen LogP contribution is -2.18. The van der Waals surface area contributed by atoms with E-state index in [4.69, 9.17) is 4.98 Å². The first-order valence-corrected chi connectivity index (χ1v) is 9.74. The number of rotatable bonds is 5. The number of pyridine rings is 1. The minimum Gasteiger partial charge on any atom is -0.307 e. The molecule has 1 atom stereocenters. The van der Waals surface area contributed by atoms with Crippen molar-refractivity contribution >= 4 is 22.8 Å². The molecule has 0 fully saturated rings. The fourth-order valence-electron chi connectivity index (χ4n) is 3.50. The lowest BCUT2D eigenvalue weighted by molar-refractivity contribution is 0.102. The van der Waals surface area contributed by atoms with Crippen LogP contribution in [-0.4, -0.2) is 30.5 Å². The maximum Gasteiger partial charge on any atom is 0.257 e. The number of fused-ring (bicyclic) bond motifs is 1. The Labute approximate surface area is 169 Å². The molecule has 0 aliphatic heterocycles. The molecule has 0 aliphatic carbocycles. The van der Waals surface area contributed by atoms with Gasteiger partial charge < -0.3 is 5.32 Å². The molecule has 4 rings (SSSR count). The number of anilines is 1. The molecule has 0 bridgehead atoms. The minimum atomic E-state index is -0.198. The maximum atomic E-state index is 13.3. The first kappa shape index (κ1) is 18.9. The average molecular weight is 388 g/mol. The topological polar surface area (TPSA) is 77.6 Å². The summed E-state index contributed by atoms with van der Waals surface area (Å²) in [7, 11) is 1.84. The molecular formula is C22H24N6O. The number of amides is 1. The first-order chi connectivity index (χ1) is 14.0. The molecule has 1 aromatic carbocycles. The predicted molar refractivity (Wildman–Crippen MR) is 114 cm³/mol. The highest BCUT2D eigenvalue weighted by Crippen LogP contribution is 2.28. The van der Waals surface area contributed by atoms with Crippen molar-refractivity contribution < 1.29 is 4.79 Å². The van der Waals surface area contributed by atoms with Gasteiger partial charge in [0.15, 0.2) is 5.65 Å². The number of aromatic nitrogens is 5. The van der Waals surface area contributed by atoms with E-state index in [9.17, 15) is 4.79 Å². The molecule has 0 spiro atoms. The largest absolute Gasteiger partial charge is 0.307 e. The zero-order valence-corrected chi connectivity index (χ0v) is 17.0. The second-order valence-electron chi connectivity index (χ2n) is 7.20. The third kappa shape index (κ3) is 3.40. The van der Waals surface area contributed by atoms with Gasteiger partial charge in [0.1, 0.15) is 5.82 Å². The van der Waals surface area contributed by atoms with E-state index in [2.05, 4.69) is 29.4 Å². The van der Waals surface area contributed by atoms with Crippen molar-refractivity contribution in [1.82, 2.24) is 24.5 Å². The van der Waals surface area contributed by atoms with Crippen LogP contribution in [0, 0.1) is 6.92 Å². The summed E-state index contributed by atoms with van der Waals surface area (Å²) in [6, 6.07) is 13.7. The van der Waals surface area contributed by atoms with Crippen LogP contribution < -0.4 is 5.32 Å². The van der Waals surface area contributed by atoms with Crippen LogP contribution in [0.4, 0.5) is 5.82 Å². The molecule has 148 valence electrons. The molecule has 1 N–H and O–H groups in total. The molecule has 0 aliphatic rings. The lowest BCUT2D eigenvalue weighted by Gasteiger charge is -2.15. The van der Waals surface area contributed by atoms with Crippen LogP contribution in [0.2, 0.25) is 0 Å². The molecule has 7 heteroatoms. The Balaban J connectivity index is 1.82. The van der Waals surface area contributed by atoms with Crippen molar-refractivity contribution in [2.75, 3.05) is 5.32 Å². The molecule has 0 saturated carbocycles. The van der Waals surface area contributed by atoms with E-state index < -0.39 is 0 Å². The first-order valence-electron chi connectivity index (χ1n) is 9.74. The van der Waals surface area contributed by atoms with Gasteiger partial charge in [0.05, 0.1) is 34.6 Å². The number of nitrogens with one attached hydrogen (secondary N) is 1. The van der Waals surface area contributed by atoms with Crippen molar-refractivity contribution in [3.05, 3.63) is 59.9 Å². The van der Waals surface area contributed by atoms with Crippen LogP contribution in [0.25, 0.3) is 22.3 Å². The molecule has 29 heavy (non-hydrogen) atoms. The molecule has 0 radical (unpaired) electrons. The fraction of sp³-hybridized carbons (Fsp3) is 0.273. The van der Waals surface area contributed by atoms with Crippen LogP contribution in [0.3, 0.4) is 0 Å². The molecule has 3 aromatic heterocycles. The highest BCUT2D eigenvalue weighted by atomic mass is 16.1. The van der Waals surface area contributed by atoms with Gasteiger partial charge in [-0.2, -0.15) is 10.2 Å². The van der Waals surface area contributed by atoms with Crippen molar-refractivity contribution in [3.63, 3.8) is 0 Å². The quantitative estimate of drug-likeness (QED) is 0.551. The average Bonchev–Trinajstić information content (AvgIpc) is 3.31. The Morgan fingerprint density at radius 2 is 1.97 bits per heavy atom. The molecule has 1 amide bonds. The van der Waals surface area contributed by atoms with Gasteiger partial charge in [-0.1, -0.05) is 37.3 Å². The van der Waals surface area contributed by atoms with Gasteiger partial charge in [-0.15, -0.1) is 0 Å². The highest BCUT2D eigenvalue weighted by Gasteiger charge is 2.20. The Hall–Kier alpha value is -3.48. The third-order valence-corrected chi connectivity index (χ3v) is 5.20. The Bertz CT molecular complexity index is 1170. The summed E-state index contributed by atoms with van der Waals surface area (Å²) in [6.45, 7) is 6.06. The lowest BCUT2D eigenvalue weighted by atomic mass is 10.0. The van der Waals surface area contributed by atoms with E-state index >= 15 is 0 Å². The summed E-state index contributed by atoms with van der Waals surface area (Å²) in [4.78, 5) is 18.1. The zero-order chi connectivity index (χ0) is 20.5. The fourth-order valence-corrected chi connectivity index (χ4v) is 3.50. The molecule has 1 unspecified atom stereocenters. The molecule has 4 aromatic rings. The number of carbonyl (C=O) groups is 1. The Kier molecular flexibility index (Phi) is 4.88. The maximum absolute atomic E-state index is 13.3. The van der Waals surface area contributed by atoms with Crippen molar-refractivity contribution in [3.8, 4) is 11.3 Å².